The number of carbonyl (C=O) groups is 3. The molecule has 1 aromatic heterocycles. The second-order valence-electron chi connectivity index (χ2n) is 6.30. The quantitative estimate of drug-likeness (QED) is 0.612. The van der Waals surface area contributed by atoms with Crippen LogP contribution < -0.4 is 4.74 Å². The molecule has 0 saturated carbocycles. The minimum absolute atomic E-state index is 0.0748. The largest absolute Gasteiger partial charge is 0.427 e. The zero-order chi connectivity index (χ0) is 19.2. The molecule has 1 aliphatic heterocycles. The minimum atomic E-state index is -0.432. The fourth-order valence-electron chi connectivity index (χ4n) is 3.04. The predicted octanol–water partition coefficient (Wildman–Crippen LogP) is 2.00. The monoisotopic (exact) mass is 367 g/mol. The molecule has 1 fully saturated rings. The Labute approximate surface area is 157 Å². The van der Waals surface area contributed by atoms with Crippen LogP contribution in [0.4, 0.5) is 0 Å². The van der Waals surface area contributed by atoms with E-state index in [1.165, 1.54) is 6.92 Å². The molecule has 27 heavy (non-hydrogen) atoms. The Bertz CT molecular complexity index is 838. The highest BCUT2D eigenvalue weighted by Gasteiger charge is 2.23. The molecular weight excluding hydrogens is 346 g/mol. The molecule has 0 radical (unpaired) electrons. The first-order valence-corrected chi connectivity index (χ1v) is 8.81. The van der Waals surface area contributed by atoms with Crippen LogP contribution in [-0.2, 0) is 4.79 Å². The Balaban J connectivity index is 1.66. The average Bonchev–Trinajstić information content (AvgIpc) is 2.93. The Kier molecular flexibility index (Phi) is 5.80. The summed E-state index contributed by atoms with van der Waals surface area (Å²) in [5.74, 6) is -0.301. The lowest BCUT2D eigenvalue weighted by Gasteiger charge is -2.22. The van der Waals surface area contributed by atoms with Crippen molar-refractivity contribution in [3.8, 4) is 5.75 Å². The van der Waals surface area contributed by atoms with Crippen molar-refractivity contribution in [1.29, 1.82) is 0 Å². The summed E-state index contributed by atoms with van der Waals surface area (Å²) >= 11 is 0. The lowest BCUT2D eigenvalue weighted by atomic mass is 10.2. The van der Waals surface area contributed by atoms with E-state index in [4.69, 9.17) is 4.74 Å². The number of hydrogen-bond donors (Lipinski definition) is 0. The molecule has 1 aliphatic rings. The first kappa shape index (κ1) is 18.6. The molecule has 1 aromatic carbocycles. The number of pyridine rings is 1. The number of carbonyl (C=O) groups excluding carboxylic acids is 3. The molecular formula is C20H21N3O4. The molecule has 3 rings (SSSR count). The van der Waals surface area contributed by atoms with Gasteiger partial charge in [0.05, 0.1) is 5.56 Å². The van der Waals surface area contributed by atoms with Crippen molar-refractivity contribution in [3.05, 3.63) is 59.9 Å². The van der Waals surface area contributed by atoms with Gasteiger partial charge >= 0.3 is 5.97 Å². The van der Waals surface area contributed by atoms with E-state index >= 15 is 0 Å². The zero-order valence-electron chi connectivity index (χ0n) is 15.1. The summed E-state index contributed by atoms with van der Waals surface area (Å²) in [5.41, 5.74) is 1.01. The summed E-state index contributed by atoms with van der Waals surface area (Å²) in [4.78, 5) is 44.0. The third kappa shape index (κ3) is 4.69. The highest BCUT2D eigenvalue weighted by Crippen LogP contribution is 2.17. The van der Waals surface area contributed by atoms with Crippen molar-refractivity contribution in [3.63, 3.8) is 0 Å². The maximum Gasteiger partial charge on any atom is 0.308 e. The van der Waals surface area contributed by atoms with Crippen molar-refractivity contribution in [2.75, 3.05) is 26.2 Å². The molecule has 0 atom stereocenters. The van der Waals surface area contributed by atoms with E-state index in [2.05, 4.69) is 4.98 Å². The first-order valence-electron chi connectivity index (χ1n) is 8.81. The second kappa shape index (κ2) is 8.44. The maximum absolute atomic E-state index is 12.8. The van der Waals surface area contributed by atoms with Crippen LogP contribution in [0.5, 0.6) is 5.75 Å². The van der Waals surface area contributed by atoms with E-state index in [1.807, 2.05) is 0 Å². The SMILES string of the molecule is CC(=O)Oc1cccc(C(=O)N2CCCN(C(=O)c3cccnc3)CC2)c1. The molecule has 0 unspecified atom stereocenters. The number of amides is 2. The van der Waals surface area contributed by atoms with E-state index in [1.54, 1.807) is 58.6 Å². The van der Waals surface area contributed by atoms with E-state index in [-0.39, 0.29) is 11.8 Å². The lowest BCUT2D eigenvalue weighted by Crippen LogP contribution is -2.37. The molecule has 0 aliphatic carbocycles. The van der Waals surface area contributed by atoms with Crippen LogP contribution in [0.1, 0.15) is 34.1 Å². The summed E-state index contributed by atoms with van der Waals surface area (Å²) in [5, 5.41) is 0. The van der Waals surface area contributed by atoms with Gasteiger partial charge in [-0.2, -0.15) is 0 Å². The van der Waals surface area contributed by atoms with Gasteiger partial charge in [-0.1, -0.05) is 6.07 Å². The topological polar surface area (TPSA) is 79.8 Å². The molecule has 140 valence electrons. The van der Waals surface area contributed by atoms with Gasteiger partial charge in [-0.05, 0) is 36.8 Å². The predicted molar refractivity (Wildman–Crippen MR) is 98.4 cm³/mol. The number of nitrogens with zero attached hydrogens (tertiary/aromatic N) is 3. The summed E-state index contributed by atoms with van der Waals surface area (Å²) in [7, 11) is 0. The van der Waals surface area contributed by atoms with Gasteiger partial charge in [0.2, 0.25) is 0 Å². The van der Waals surface area contributed by atoms with Crippen LogP contribution >= 0.6 is 0 Å². The molecule has 0 N–H and O–H groups in total. The van der Waals surface area contributed by atoms with Crippen molar-refractivity contribution < 1.29 is 19.1 Å². The van der Waals surface area contributed by atoms with Crippen molar-refractivity contribution >= 4 is 17.8 Å². The molecule has 2 amide bonds. The minimum Gasteiger partial charge on any atom is -0.427 e. The number of esters is 1. The van der Waals surface area contributed by atoms with Crippen molar-refractivity contribution in [2.45, 2.75) is 13.3 Å². The fourth-order valence-corrected chi connectivity index (χ4v) is 3.04. The Morgan fingerprint density at radius 1 is 0.926 bits per heavy atom. The van der Waals surface area contributed by atoms with Crippen molar-refractivity contribution in [2.24, 2.45) is 0 Å². The molecule has 0 spiro atoms. The summed E-state index contributed by atoms with van der Waals surface area (Å²) in [6.45, 7) is 3.38. The third-order valence-corrected chi connectivity index (χ3v) is 4.32. The number of benzene rings is 1. The highest BCUT2D eigenvalue weighted by molar-refractivity contribution is 5.95. The number of hydrogen-bond acceptors (Lipinski definition) is 5. The van der Waals surface area contributed by atoms with Crippen LogP contribution in [0.2, 0.25) is 0 Å². The van der Waals surface area contributed by atoms with Gasteiger partial charge in [0.15, 0.2) is 0 Å². The van der Waals surface area contributed by atoms with Crippen LogP contribution in [0.3, 0.4) is 0 Å². The molecule has 7 nitrogen and oxygen atoms in total. The molecule has 7 heteroatoms. The fraction of sp³-hybridized carbons (Fsp3) is 0.300. The van der Waals surface area contributed by atoms with Crippen LogP contribution in [0.15, 0.2) is 48.8 Å². The standard InChI is InChI=1S/C20H21N3O4/c1-15(24)27-18-7-2-5-16(13-18)19(25)22-9-4-10-23(12-11-22)20(26)17-6-3-8-21-14-17/h2-3,5-8,13-14H,4,9-12H2,1H3. The Morgan fingerprint density at radius 3 is 2.22 bits per heavy atom. The van der Waals surface area contributed by atoms with Gasteiger partial charge in [0.25, 0.3) is 11.8 Å². The molecule has 0 bridgehead atoms. The van der Waals surface area contributed by atoms with Gasteiger partial charge in [0.1, 0.15) is 5.75 Å². The van der Waals surface area contributed by atoms with Gasteiger partial charge in [-0.3, -0.25) is 19.4 Å². The van der Waals surface area contributed by atoms with Gasteiger partial charge < -0.3 is 14.5 Å². The van der Waals surface area contributed by atoms with E-state index < -0.39 is 5.97 Å². The zero-order valence-corrected chi connectivity index (χ0v) is 15.1. The summed E-state index contributed by atoms with van der Waals surface area (Å²) < 4.78 is 5.05. The molecule has 2 heterocycles. The molecule has 2 aromatic rings. The van der Waals surface area contributed by atoms with Crippen LogP contribution in [0.25, 0.3) is 0 Å². The van der Waals surface area contributed by atoms with Gasteiger partial charge in [-0.15, -0.1) is 0 Å². The smallest absolute Gasteiger partial charge is 0.308 e. The number of aromatic nitrogens is 1. The Hall–Kier alpha value is -3.22. The maximum atomic E-state index is 12.8. The Morgan fingerprint density at radius 2 is 1.59 bits per heavy atom. The number of rotatable bonds is 3. The normalized spacial score (nSPS) is 14.4. The summed E-state index contributed by atoms with van der Waals surface area (Å²) in [6.07, 6.45) is 3.88. The third-order valence-electron chi connectivity index (χ3n) is 4.32. The van der Waals surface area contributed by atoms with Gasteiger partial charge in [-0.25, -0.2) is 0 Å². The van der Waals surface area contributed by atoms with Crippen LogP contribution in [0, 0.1) is 0 Å². The van der Waals surface area contributed by atoms with Crippen molar-refractivity contribution in [1.82, 2.24) is 14.8 Å². The van der Waals surface area contributed by atoms with Crippen LogP contribution in [-0.4, -0.2) is 58.7 Å². The summed E-state index contributed by atoms with van der Waals surface area (Å²) in [6, 6.07) is 10.0. The number of ether oxygens (including phenoxy) is 1. The van der Waals surface area contributed by atoms with Gasteiger partial charge in [0, 0.05) is 51.1 Å². The van der Waals surface area contributed by atoms with E-state index in [0.717, 1.165) is 0 Å². The van der Waals surface area contributed by atoms with E-state index in [9.17, 15) is 14.4 Å². The molecule has 1 saturated heterocycles. The average molecular weight is 367 g/mol. The van der Waals surface area contributed by atoms with E-state index in [0.29, 0.717) is 49.5 Å². The first-order chi connectivity index (χ1) is 13.0. The second-order valence-corrected chi connectivity index (χ2v) is 6.30. The lowest BCUT2D eigenvalue weighted by molar-refractivity contribution is -0.131. The highest BCUT2D eigenvalue weighted by atomic mass is 16.5.